The van der Waals surface area contributed by atoms with Gasteiger partial charge in [0, 0.05) is 6.42 Å². The Balaban J connectivity index is 0. The SMILES string of the molecule is O=C([O-])[C@](O)(CO)C[C@@H](O)CO.[Na+]. The molecule has 0 unspecified atom stereocenters. The number of hydrogen-bond donors (Lipinski definition) is 4. The predicted octanol–water partition coefficient (Wildman–Crippen LogP) is -6.79. The van der Waals surface area contributed by atoms with Crippen LogP contribution in [0.2, 0.25) is 0 Å². The average Bonchev–Trinajstić information content (AvgIpc) is 2.03. The number of carbonyl (C=O) groups excluding carboxylic acids is 1. The first kappa shape index (κ1) is 15.8. The van der Waals surface area contributed by atoms with Crippen LogP contribution in [0.15, 0.2) is 0 Å². The summed E-state index contributed by atoms with van der Waals surface area (Å²) in [6, 6.07) is 0. The minimum absolute atomic E-state index is 0. The summed E-state index contributed by atoms with van der Waals surface area (Å²) in [4.78, 5) is 10.2. The molecule has 0 spiro atoms. The maximum Gasteiger partial charge on any atom is 1.00 e. The molecule has 0 saturated heterocycles. The number of carbonyl (C=O) groups is 1. The molecule has 0 aliphatic rings. The van der Waals surface area contributed by atoms with Crippen molar-refractivity contribution in [2.45, 2.75) is 18.1 Å². The van der Waals surface area contributed by atoms with E-state index >= 15 is 0 Å². The molecule has 7 heteroatoms. The van der Waals surface area contributed by atoms with Gasteiger partial charge in [0.05, 0.1) is 25.3 Å². The third-order valence-corrected chi connectivity index (χ3v) is 1.43. The van der Waals surface area contributed by atoms with Crippen molar-refractivity contribution in [2.24, 2.45) is 0 Å². The first-order valence-electron chi connectivity index (χ1n) is 3.30. The van der Waals surface area contributed by atoms with Gasteiger partial charge in [-0.1, -0.05) is 0 Å². The van der Waals surface area contributed by atoms with Gasteiger partial charge in [0.15, 0.2) is 0 Å². The van der Waals surface area contributed by atoms with E-state index in [0.29, 0.717) is 0 Å². The van der Waals surface area contributed by atoms with Crippen LogP contribution in [0.1, 0.15) is 6.42 Å². The molecule has 72 valence electrons. The maximum absolute atomic E-state index is 10.2. The Morgan fingerprint density at radius 1 is 1.46 bits per heavy atom. The van der Waals surface area contributed by atoms with E-state index in [1.54, 1.807) is 0 Å². The van der Waals surface area contributed by atoms with Crippen LogP contribution in [-0.2, 0) is 4.79 Å². The summed E-state index contributed by atoms with van der Waals surface area (Å²) in [5, 5.41) is 44.7. The van der Waals surface area contributed by atoms with Crippen molar-refractivity contribution in [1.29, 1.82) is 0 Å². The minimum Gasteiger partial charge on any atom is -0.547 e. The molecule has 0 rings (SSSR count). The quantitative estimate of drug-likeness (QED) is 0.329. The van der Waals surface area contributed by atoms with Gasteiger partial charge in [-0.2, -0.15) is 0 Å². The summed E-state index contributed by atoms with van der Waals surface area (Å²) < 4.78 is 0. The van der Waals surface area contributed by atoms with E-state index in [2.05, 4.69) is 0 Å². The first-order valence-corrected chi connectivity index (χ1v) is 3.30. The van der Waals surface area contributed by atoms with Gasteiger partial charge >= 0.3 is 29.6 Å². The van der Waals surface area contributed by atoms with Crippen molar-refractivity contribution in [3.05, 3.63) is 0 Å². The molecule has 0 bridgehead atoms. The number of carboxylic acid groups (broad SMARTS) is 1. The van der Waals surface area contributed by atoms with E-state index < -0.39 is 37.3 Å². The Labute approximate surface area is 97.1 Å². The zero-order valence-corrected chi connectivity index (χ0v) is 9.30. The molecule has 0 amide bonds. The summed E-state index contributed by atoms with van der Waals surface area (Å²) in [7, 11) is 0. The van der Waals surface area contributed by atoms with Crippen LogP contribution in [-0.4, -0.2) is 51.3 Å². The zero-order chi connectivity index (χ0) is 9.78. The van der Waals surface area contributed by atoms with Gasteiger partial charge in [-0.05, 0) is 0 Å². The van der Waals surface area contributed by atoms with Crippen LogP contribution >= 0.6 is 0 Å². The fourth-order valence-corrected chi connectivity index (χ4v) is 0.667. The molecule has 0 aromatic heterocycles. The number of aliphatic carboxylic acids is 1. The molecule has 2 atom stereocenters. The zero-order valence-electron chi connectivity index (χ0n) is 7.30. The summed E-state index contributed by atoms with van der Waals surface area (Å²) >= 11 is 0. The van der Waals surface area contributed by atoms with Gasteiger partial charge in [-0.3, -0.25) is 0 Å². The first-order chi connectivity index (χ1) is 5.46. The smallest absolute Gasteiger partial charge is 0.547 e. The number of rotatable bonds is 5. The molecule has 0 radical (unpaired) electrons. The second-order valence-corrected chi connectivity index (χ2v) is 2.52. The maximum atomic E-state index is 10.2. The monoisotopic (exact) mass is 202 g/mol. The molecular weight excluding hydrogens is 191 g/mol. The van der Waals surface area contributed by atoms with Crippen molar-refractivity contribution in [2.75, 3.05) is 13.2 Å². The van der Waals surface area contributed by atoms with E-state index in [1.165, 1.54) is 0 Å². The van der Waals surface area contributed by atoms with Crippen LogP contribution in [0, 0.1) is 0 Å². The summed E-state index contributed by atoms with van der Waals surface area (Å²) in [5.74, 6) is -1.88. The van der Waals surface area contributed by atoms with E-state index in [9.17, 15) is 9.90 Å². The molecule has 0 saturated carbocycles. The van der Waals surface area contributed by atoms with Crippen molar-refractivity contribution in [3.8, 4) is 0 Å². The predicted molar refractivity (Wildman–Crippen MR) is 34.8 cm³/mol. The van der Waals surface area contributed by atoms with E-state index in [-0.39, 0.29) is 29.6 Å². The molecule has 0 aromatic rings. The number of aliphatic hydroxyl groups is 4. The van der Waals surface area contributed by atoms with Crippen LogP contribution in [0.4, 0.5) is 0 Å². The van der Waals surface area contributed by atoms with E-state index in [4.69, 9.17) is 20.4 Å². The van der Waals surface area contributed by atoms with Crippen molar-refractivity contribution in [1.82, 2.24) is 0 Å². The van der Waals surface area contributed by atoms with Gasteiger partial charge in [0.25, 0.3) is 0 Å². The summed E-state index contributed by atoms with van der Waals surface area (Å²) in [6.45, 7) is -1.75. The van der Waals surface area contributed by atoms with Gasteiger partial charge in [0.2, 0.25) is 0 Å². The van der Waals surface area contributed by atoms with Crippen molar-refractivity contribution >= 4 is 5.97 Å². The Morgan fingerprint density at radius 3 is 2.15 bits per heavy atom. The molecule has 0 aliphatic heterocycles. The average molecular weight is 202 g/mol. The van der Waals surface area contributed by atoms with Crippen molar-refractivity contribution < 1.29 is 59.9 Å². The Bertz CT molecular complexity index is 163. The van der Waals surface area contributed by atoms with Gasteiger partial charge in [-0.15, -0.1) is 0 Å². The van der Waals surface area contributed by atoms with Crippen molar-refractivity contribution in [3.63, 3.8) is 0 Å². The molecule has 0 aliphatic carbocycles. The standard InChI is InChI=1S/C6H12O6.Na/c7-2-4(9)1-6(12,3-8)5(10)11;/h4,7-9,12H,1-3H2,(H,10,11);/q;+1/p-1/t4-,6-;/m1./s1. The van der Waals surface area contributed by atoms with E-state index in [0.717, 1.165) is 0 Å². The summed E-state index contributed by atoms with van der Waals surface area (Å²) in [6.07, 6.45) is -2.05. The van der Waals surface area contributed by atoms with Gasteiger partial charge < -0.3 is 30.3 Å². The normalized spacial score (nSPS) is 16.9. The van der Waals surface area contributed by atoms with E-state index in [1.807, 2.05) is 0 Å². The number of hydrogen-bond acceptors (Lipinski definition) is 6. The van der Waals surface area contributed by atoms with Gasteiger partial charge in [0.1, 0.15) is 5.60 Å². The molecular formula is C6H11NaO6. The number of aliphatic hydroxyl groups excluding tert-OH is 3. The van der Waals surface area contributed by atoms with Gasteiger partial charge in [-0.25, -0.2) is 0 Å². The molecule has 6 nitrogen and oxygen atoms in total. The second kappa shape index (κ2) is 6.72. The molecule has 0 heterocycles. The Morgan fingerprint density at radius 2 is 1.92 bits per heavy atom. The van der Waals surface area contributed by atoms with Crippen LogP contribution in [0.3, 0.4) is 0 Å². The number of carboxylic acids is 1. The van der Waals surface area contributed by atoms with Crippen LogP contribution in [0.25, 0.3) is 0 Å². The minimum atomic E-state index is -2.48. The topological polar surface area (TPSA) is 121 Å². The fourth-order valence-electron chi connectivity index (χ4n) is 0.667. The fraction of sp³-hybridized carbons (Fsp3) is 0.833. The molecule has 0 aromatic carbocycles. The van der Waals surface area contributed by atoms with Crippen LogP contribution < -0.4 is 34.7 Å². The summed E-state index contributed by atoms with van der Waals surface area (Å²) in [5.41, 5.74) is -2.48. The molecule has 4 N–H and O–H groups in total. The van der Waals surface area contributed by atoms with Crippen LogP contribution in [0.5, 0.6) is 0 Å². The Kier molecular flexibility index (Phi) is 8.15. The second-order valence-electron chi connectivity index (χ2n) is 2.52. The molecule has 13 heavy (non-hydrogen) atoms. The molecule has 0 fully saturated rings. The Hall–Kier alpha value is 0.310. The largest absolute Gasteiger partial charge is 1.00 e. The third-order valence-electron chi connectivity index (χ3n) is 1.43. The third kappa shape index (κ3) is 4.92.